The number of amidine groups is 1. The van der Waals surface area contributed by atoms with Gasteiger partial charge >= 0.3 is 0 Å². The highest BCUT2D eigenvalue weighted by atomic mass is 35.5. The molecule has 164 valence electrons. The quantitative estimate of drug-likeness (QED) is 0.724. The van der Waals surface area contributed by atoms with E-state index in [1.807, 2.05) is 6.07 Å². The van der Waals surface area contributed by atoms with E-state index in [-0.39, 0.29) is 23.3 Å². The molecule has 1 amide bonds. The lowest BCUT2D eigenvalue weighted by Crippen LogP contribution is -2.32. The summed E-state index contributed by atoms with van der Waals surface area (Å²) in [6, 6.07) is 11.5. The van der Waals surface area contributed by atoms with E-state index in [1.54, 1.807) is 24.3 Å². The Labute approximate surface area is 186 Å². The SMILES string of the molecule is O=C(Nc1ccc(S(=O)(=O)NC2=NCCCCC2)cc1)C1COc2ccc(Cl)cc2C1. The maximum Gasteiger partial charge on any atom is 0.262 e. The van der Waals surface area contributed by atoms with Crippen LogP contribution in [0.1, 0.15) is 31.2 Å². The Bertz CT molecular complexity index is 1100. The summed E-state index contributed by atoms with van der Waals surface area (Å²) in [5.41, 5.74) is 1.42. The summed E-state index contributed by atoms with van der Waals surface area (Å²) in [6.45, 7) is 0.920. The number of benzene rings is 2. The molecular weight excluding hydrogens is 438 g/mol. The lowest BCUT2D eigenvalue weighted by atomic mass is 9.96. The summed E-state index contributed by atoms with van der Waals surface area (Å²) in [5, 5.41) is 3.44. The predicted molar refractivity (Wildman–Crippen MR) is 120 cm³/mol. The van der Waals surface area contributed by atoms with Crippen LogP contribution in [0.3, 0.4) is 0 Å². The molecule has 2 N–H and O–H groups in total. The fourth-order valence-electron chi connectivity index (χ4n) is 3.66. The Morgan fingerprint density at radius 1 is 1.10 bits per heavy atom. The number of halogens is 1. The summed E-state index contributed by atoms with van der Waals surface area (Å²) < 4.78 is 33.5. The van der Waals surface area contributed by atoms with Gasteiger partial charge in [-0.2, -0.15) is 0 Å². The summed E-state index contributed by atoms with van der Waals surface area (Å²) in [5.74, 6) is 0.706. The minimum Gasteiger partial charge on any atom is -0.492 e. The van der Waals surface area contributed by atoms with Gasteiger partial charge in [-0.3, -0.25) is 14.5 Å². The summed E-state index contributed by atoms with van der Waals surface area (Å²) in [7, 11) is -3.71. The zero-order chi connectivity index (χ0) is 21.8. The third-order valence-corrected chi connectivity index (χ3v) is 6.99. The van der Waals surface area contributed by atoms with Gasteiger partial charge in [0.15, 0.2) is 0 Å². The van der Waals surface area contributed by atoms with Crippen molar-refractivity contribution in [2.24, 2.45) is 10.9 Å². The third kappa shape index (κ3) is 5.37. The molecule has 0 bridgehead atoms. The van der Waals surface area contributed by atoms with Gasteiger partial charge in [-0.1, -0.05) is 18.0 Å². The van der Waals surface area contributed by atoms with Gasteiger partial charge in [-0.15, -0.1) is 0 Å². The van der Waals surface area contributed by atoms with E-state index in [2.05, 4.69) is 15.0 Å². The van der Waals surface area contributed by atoms with Crippen LogP contribution in [0.5, 0.6) is 5.75 Å². The van der Waals surface area contributed by atoms with Crippen molar-refractivity contribution in [3.63, 3.8) is 0 Å². The molecule has 0 radical (unpaired) electrons. The number of anilines is 1. The fraction of sp³-hybridized carbons (Fsp3) is 0.364. The first-order chi connectivity index (χ1) is 14.9. The van der Waals surface area contributed by atoms with Crippen molar-refractivity contribution in [2.75, 3.05) is 18.5 Å². The highest BCUT2D eigenvalue weighted by Gasteiger charge is 2.26. The molecule has 0 saturated heterocycles. The van der Waals surface area contributed by atoms with Gasteiger partial charge in [-0.05, 0) is 67.3 Å². The van der Waals surface area contributed by atoms with Crippen molar-refractivity contribution < 1.29 is 17.9 Å². The number of nitrogens with zero attached hydrogens (tertiary/aromatic N) is 1. The van der Waals surface area contributed by atoms with E-state index in [0.717, 1.165) is 30.6 Å². The number of hydrogen-bond acceptors (Lipinski definition) is 5. The highest BCUT2D eigenvalue weighted by Crippen LogP contribution is 2.30. The lowest BCUT2D eigenvalue weighted by Gasteiger charge is -2.24. The van der Waals surface area contributed by atoms with E-state index in [4.69, 9.17) is 16.3 Å². The van der Waals surface area contributed by atoms with Crippen molar-refractivity contribution >= 4 is 39.1 Å². The molecule has 9 heteroatoms. The molecule has 1 unspecified atom stereocenters. The molecule has 2 aromatic rings. The highest BCUT2D eigenvalue weighted by molar-refractivity contribution is 7.90. The molecule has 0 aliphatic carbocycles. The Hall–Kier alpha value is -2.58. The largest absolute Gasteiger partial charge is 0.492 e. The number of carbonyl (C=O) groups excluding carboxylic acids is 1. The second-order valence-electron chi connectivity index (χ2n) is 7.72. The number of hydrogen-bond donors (Lipinski definition) is 2. The van der Waals surface area contributed by atoms with Crippen LogP contribution in [0.25, 0.3) is 0 Å². The van der Waals surface area contributed by atoms with E-state index < -0.39 is 10.0 Å². The van der Waals surface area contributed by atoms with Crippen LogP contribution in [-0.2, 0) is 21.2 Å². The Balaban J connectivity index is 1.39. The van der Waals surface area contributed by atoms with E-state index in [1.165, 1.54) is 12.1 Å². The zero-order valence-electron chi connectivity index (χ0n) is 16.9. The van der Waals surface area contributed by atoms with E-state index in [0.29, 0.717) is 35.9 Å². The van der Waals surface area contributed by atoms with Crippen LogP contribution in [0.2, 0.25) is 5.02 Å². The molecule has 7 nitrogen and oxygen atoms in total. The summed E-state index contributed by atoms with van der Waals surface area (Å²) in [6.07, 6.45) is 4.11. The number of amides is 1. The number of nitrogens with one attached hydrogen (secondary N) is 2. The number of rotatable bonds is 4. The number of carbonyl (C=O) groups is 1. The molecule has 0 fully saturated rings. The first kappa shape index (κ1) is 21.6. The summed E-state index contributed by atoms with van der Waals surface area (Å²) >= 11 is 6.04. The average Bonchev–Trinajstić information content (AvgIpc) is 3.01. The van der Waals surface area contributed by atoms with Gasteiger partial charge in [0.05, 0.1) is 10.8 Å². The topological polar surface area (TPSA) is 96.9 Å². The Kier molecular flexibility index (Phi) is 6.48. The van der Waals surface area contributed by atoms with Gasteiger partial charge < -0.3 is 10.1 Å². The molecule has 2 aliphatic rings. The maximum absolute atomic E-state index is 12.7. The molecule has 31 heavy (non-hydrogen) atoms. The maximum atomic E-state index is 12.7. The van der Waals surface area contributed by atoms with Crippen molar-refractivity contribution in [1.82, 2.24) is 4.72 Å². The smallest absolute Gasteiger partial charge is 0.262 e. The monoisotopic (exact) mass is 461 g/mol. The van der Waals surface area contributed by atoms with Crippen LogP contribution < -0.4 is 14.8 Å². The molecule has 2 heterocycles. The zero-order valence-corrected chi connectivity index (χ0v) is 18.5. The normalized spacial score (nSPS) is 18.7. The molecule has 0 saturated carbocycles. The molecule has 2 aliphatic heterocycles. The first-order valence-electron chi connectivity index (χ1n) is 10.3. The first-order valence-corrected chi connectivity index (χ1v) is 12.2. The molecular formula is C22H24ClN3O4S. The fourth-order valence-corrected chi connectivity index (χ4v) is 4.95. The van der Waals surface area contributed by atoms with Crippen molar-refractivity contribution in [3.05, 3.63) is 53.1 Å². The van der Waals surface area contributed by atoms with Gasteiger partial charge in [0, 0.05) is 23.7 Å². The van der Waals surface area contributed by atoms with Gasteiger partial charge in [0.2, 0.25) is 5.91 Å². The average molecular weight is 462 g/mol. The second-order valence-corrected chi connectivity index (χ2v) is 9.84. The molecule has 0 aromatic heterocycles. The molecule has 2 aromatic carbocycles. The Morgan fingerprint density at radius 2 is 1.90 bits per heavy atom. The van der Waals surface area contributed by atoms with Crippen LogP contribution >= 0.6 is 11.6 Å². The van der Waals surface area contributed by atoms with Gasteiger partial charge in [0.25, 0.3) is 10.0 Å². The number of sulfonamides is 1. The number of fused-ring (bicyclic) bond motifs is 1. The van der Waals surface area contributed by atoms with Gasteiger partial charge in [0.1, 0.15) is 18.2 Å². The van der Waals surface area contributed by atoms with E-state index >= 15 is 0 Å². The molecule has 1 atom stereocenters. The van der Waals surface area contributed by atoms with Crippen LogP contribution in [0.4, 0.5) is 5.69 Å². The van der Waals surface area contributed by atoms with Crippen LogP contribution in [0.15, 0.2) is 52.4 Å². The van der Waals surface area contributed by atoms with Crippen molar-refractivity contribution in [1.29, 1.82) is 0 Å². The predicted octanol–water partition coefficient (Wildman–Crippen LogP) is 3.78. The molecule has 4 rings (SSSR count). The standard InChI is InChI=1S/C22H24ClN3O4S/c23-17-5-10-20-15(13-17)12-16(14-30-20)22(27)25-18-6-8-19(9-7-18)31(28,29)26-21-4-2-1-3-11-24-21/h5-10,13,16H,1-4,11-12,14H2,(H,24,26)(H,25,27). The van der Waals surface area contributed by atoms with E-state index in [9.17, 15) is 13.2 Å². The minimum atomic E-state index is -3.71. The second kappa shape index (κ2) is 9.28. The number of ether oxygens (including phenoxy) is 1. The summed E-state index contributed by atoms with van der Waals surface area (Å²) in [4.78, 5) is 17.1. The van der Waals surface area contributed by atoms with Crippen molar-refractivity contribution in [2.45, 2.75) is 37.0 Å². The van der Waals surface area contributed by atoms with Crippen molar-refractivity contribution in [3.8, 4) is 5.75 Å². The van der Waals surface area contributed by atoms with Gasteiger partial charge in [-0.25, -0.2) is 8.42 Å². The lowest BCUT2D eigenvalue weighted by molar-refractivity contribution is -0.121. The molecule has 0 spiro atoms. The van der Waals surface area contributed by atoms with Crippen LogP contribution in [-0.4, -0.2) is 33.3 Å². The van der Waals surface area contributed by atoms with Crippen LogP contribution in [0, 0.1) is 5.92 Å². The number of aliphatic imine (C=N–C) groups is 1. The Morgan fingerprint density at radius 3 is 2.71 bits per heavy atom. The third-order valence-electron chi connectivity index (χ3n) is 5.36. The minimum absolute atomic E-state index is 0.127.